The minimum absolute atomic E-state index is 0.0962. The maximum Gasteiger partial charge on any atom is 0.344 e. The quantitative estimate of drug-likeness (QED) is 0.791. The Morgan fingerprint density at radius 2 is 1.94 bits per heavy atom. The Kier molecular flexibility index (Phi) is 4.09. The predicted molar refractivity (Wildman–Crippen MR) is 60.7 cm³/mol. The molecule has 0 amide bonds. The van der Waals surface area contributed by atoms with Gasteiger partial charge in [0.1, 0.15) is 0 Å². The average Bonchev–Trinajstić information content (AvgIpc) is 2.28. The van der Waals surface area contributed by atoms with Gasteiger partial charge in [0.05, 0.1) is 7.11 Å². The number of carbonyl (C=O) groups excluding carboxylic acids is 1. The summed E-state index contributed by atoms with van der Waals surface area (Å²) in [6.07, 6.45) is -0.980. The van der Waals surface area contributed by atoms with Crippen molar-refractivity contribution < 1.29 is 24.2 Å². The molecule has 1 rings (SSSR count). The van der Waals surface area contributed by atoms with Gasteiger partial charge in [-0.1, -0.05) is 0 Å². The second-order valence-corrected chi connectivity index (χ2v) is 3.52. The molecule has 17 heavy (non-hydrogen) atoms. The highest BCUT2D eigenvalue weighted by Gasteiger charge is 2.16. The van der Waals surface area contributed by atoms with Crippen molar-refractivity contribution in [1.82, 2.24) is 0 Å². The van der Waals surface area contributed by atoms with Crippen LogP contribution in [0.3, 0.4) is 0 Å². The van der Waals surface area contributed by atoms with Crippen molar-refractivity contribution >= 4 is 11.8 Å². The molecule has 0 spiro atoms. The van der Waals surface area contributed by atoms with Gasteiger partial charge in [-0.15, -0.1) is 0 Å². The van der Waals surface area contributed by atoms with Gasteiger partial charge in [-0.3, -0.25) is 4.79 Å². The lowest BCUT2D eigenvalue weighted by Crippen LogP contribution is -2.23. The van der Waals surface area contributed by atoms with Crippen LogP contribution < -0.4 is 9.47 Å². The zero-order chi connectivity index (χ0) is 13.0. The zero-order valence-electron chi connectivity index (χ0n) is 9.89. The molecule has 1 aromatic rings. The topological polar surface area (TPSA) is 72.8 Å². The monoisotopic (exact) mass is 238 g/mol. The minimum Gasteiger partial charge on any atom is -0.493 e. The van der Waals surface area contributed by atoms with E-state index in [0.717, 1.165) is 0 Å². The number of ketones is 1. The molecule has 0 fully saturated rings. The second-order valence-electron chi connectivity index (χ2n) is 3.52. The van der Waals surface area contributed by atoms with E-state index in [2.05, 4.69) is 0 Å². The van der Waals surface area contributed by atoms with Gasteiger partial charge < -0.3 is 14.6 Å². The van der Waals surface area contributed by atoms with E-state index in [-0.39, 0.29) is 5.78 Å². The molecule has 1 atom stereocenters. The number of carbonyl (C=O) groups is 2. The lowest BCUT2D eigenvalue weighted by atomic mass is 10.1. The Hall–Kier alpha value is -2.04. The van der Waals surface area contributed by atoms with E-state index in [1.165, 1.54) is 33.1 Å². The van der Waals surface area contributed by atoms with Crippen LogP contribution in [0.4, 0.5) is 0 Å². The summed E-state index contributed by atoms with van der Waals surface area (Å²) in [6.45, 7) is 2.86. The summed E-state index contributed by atoms with van der Waals surface area (Å²) >= 11 is 0. The SMILES string of the molecule is COc1cc(C(C)=O)ccc1O[C@H](C)C(=O)O. The van der Waals surface area contributed by atoms with Gasteiger partial charge in [-0.25, -0.2) is 4.79 Å². The number of ether oxygens (including phenoxy) is 2. The van der Waals surface area contributed by atoms with Crippen LogP contribution >= 0.6 is 0 Å². The molecule has 0 aliphatic heterocycles. The fourth-order valence-electron chi connectivity index (χ4n) is 1.22. The molecule has 0 saturated carbocycles. The van der Waals surface area contributed by atoms with E-state index in [9.17, 15) is 9.59 Å². The standard InChI is InChI=1S/C12H14O5/c1-7(13)9-4-5-10(11(6-9)16-3)17-8(2)12(14)15/h4-6,8H,1-3H3,(H,14,15)/t8-/m1/s1. The highest BCUT2D eigenvalue weighted by Crippen LogP contribution is 2.29. The van der Waals surface area contributed by atoms with E-state index in [4.69, 9.17) is 14.6 Å². The van der Waals surface area contributed by atoms with Crippen molar-refractivity contribution in [1.29, 1.82) is 0 Å². The molecule has 1 aromatic carbocycles. The number of Topliss-reactive ketones (excluding diaryl/α,β-unsaturated/α-hetero) is 1. The van der Waals surface area contributed by atoms with Crippen molar-refractivity contribution in [3.05, 3.63) is 23.8 Å². The third-order valence-corrected chi connectivity index (χ3v) is 2.22. The molecule has 0 unspecified atom stereocenters. The van der Waals surface area contributed by atoms with Gasteiger partial charge in [0.2, 0.25) is 0 Å². The minimum atomic E-state index is -1.07. The normalized spacial score (nSPS) is 11.7. The first-order valence-electron chi connectivity index (χ1n) is 5.04. The van der Waals surface area contributed by atoms with E-state index in [0.29, 0.717) is 17.1 Å². The van der Waals surface area contributed by atoms with Crippen LogP contribution in [0.5, 0.6) is 11.5 Å². The van der Waals surface area contributed by atoms with Crippen molar-refractivity contribution in [3.8, 4) is 11.5 Å². The summed E-state index contributed by atoms with van der Waals surface area (Å²) in [5.74, 6) is -0.526. The highest BCUT2D eigenvalue weighted by atomic mass is 16.5. The summed E-state index contributed by atoms with van der Waals surface area (Å²) in [7, 11) is 1.43. The van der Waals surface area contributed by atoms with Crippen molar-refractivity contribution in [2.45, 2.75) is 20.0 Å². The largest absolute Gasteiger partial charge is 0.493 e. The average molecular weight is 238 g/mol. The second kappa shape index (κ2) is 5.34. The van der Waals surface area contributed by atoms with Crippen LogP contribution in [0.25, 0.3) is 0 Å². The molecule has 92 valence electrons. The summed E-state index contributed by atoms with van der Waals surface area (Å²) in [4.78, 5) is 21.8. The first-order valence-corrected chi connectivity index (χ1v) is 5.04. The summed E-state index contributed by atoms with van der Waals surface area (Å²) in [6, 6.07) is 4.61. The third kappa shape index (κ3) is 3.21. The Bertz CT molecular complexity index is 439. The number of carboxylic acids is 1. The Morgan fingerprint density at radius 3 is 2.41 bits per heavy atom. The predicted octanol–water partition coefficient (Wildman–Crippen LogP) is 1.75. The first-order chi connectivity index (χ1) is 7.95. The zero-order valence-corrected chi connectivity index (χ0v) is 9.89. The number of benzene rings is 1. The molecule has 0 bridgehead atoms. The molecule has 0 saturated heterocycles. The molecule has 0 aliphatic carbocycles. The molecule has 0 aliphatic rings. The number of carboxylic acid groups (broad SMARTS) is 1. The van der Waals surface area contributed by atoms with Crippen LogP contribution in [0.2, 0.25) is 0 Å². The fourth-order valence-corrected chi connectivity index (χ4v) is 1.22. The number of aliphatic carboxylic acids is 1. The van der Waals surface area contributed by atoms with Crippen LogP contribution in [-0.4, -0.2) is 30.1 Å². The molecule has 0 heterocycles. The van der Waals surface area contributed by atoms with Gasteiger partial charge in [0.15, 0.2) is 23.4 Å². The molecule has 5 nitrogen and oxygen atoms in total. The number of methoxy groups -OCH3 is 1. The van der Waals surface area contributed by atoms with Crippen LogP contribution in [0.15, 0.2) is 18.2 Å². The summed E-state index contributed by atoms with van der Waals surface area (Å²) in [5, 5.41) is 8.73. The summed E-state index contributed by atoms with van der Waals surface area (Å²) < 4.78 is 10.2. The molecule has 0 aromatic heterocycles. The van der Waals surface area contributed by atoms with Crippen molar-refractivity contribution in [3.63, 3.8) is 0 Å². The van der Waals surface area contributed by atoms with Crippen molar-refractivity contribution in [2.24, 2.45) is 0 Å². The Labute approximate surface area is 99.0 Å². The lowest BCUT2D eigenvalue weighted by molar-refractivity contribution is -0.144. The molecular formula is C12H14O5. The smallest absolute Gasteiger partial charge is 0.344 e. The third-order valence-electron chi connectivity index (χ3n) is 2.22. The van der Waals surface area contributed by atoms with Gasteiger partial charge >= 0.3 is 5.97 Å². The number of hydrogen-bond acceptors (Lipinski definition) is 4. The molecule has 5 heteroatoms. The molecule has 1 N–H and O–H groups in total. The lowest BCUT2D eigenvalue weighted by Gasteiger charge is -2.14. The maximum atomic E-state index is 11.2. The van der Waals surface area contributed by atoms with E-state index in [1.54, 1.807) is 6.07 Å². The fraction of sp³-hybridized carbons (Fsp3) is 0.333. The summed E-state index contributed by atoms with van der Waals surface area (Å²) in [5.41, 5.74) is 0.483. The van der Waals surface area contributed by atoms with E-state index < -0.39 is 12.1 Å². The first kappa shape index (κ1) is 13.0. The van der Waals surface area contributed by atoms with Gasteiger partial charge in [0.25, 0.3) is 0 Å². The highest BCUT2D eigenvalue weighted by molar-refractivity contribution is 5.94. The van der Waals surface area contributed by atoms with E-state index >= 15 is 0 Å². The van der Waals surface area contributed by atoms with Crippen LogP contribution in [0.1, 0.15) is 24.2 Å². The van der Waals surface area contributed by atoms with Gasteiger partial charge in [0, 0.05) is 5.56 Å². The van der Waals surface area contributed by atoms with Gasteiger partial charge in [-0.05, 0) is 32.0 Å². The molecule has 0 radical (unpaired) electrons. The van der Waals surface area contributed by atoms with Crippen molar-refractivity contribution in [2.75, 3.05) is 7.11 Å². The van der Waals surface area contributed by atoms with Crippen LogP contribution in [-0.2, 0) is 4.79 Å². The Morgan fingerprint density at radius 1 is 1.29 bits per heavy atom. The van der Waals surface area contributed by atoms with Gasteiger partial charge in [-0.2, -0.15) is 0 Å². The van der Waals surface area contributed by atoms with E-state index in [1.807, 2.05) is 0 Å². The molecular weight excluding hydrogens is 224 g/mol. The number of rotatable bonds is 5. The maximum absolute atomic E-state index is 11.2. The Balaban J connectivity index is 3.00. The van der Waals surface area contributed by atoms with Crippen LogP contribution in [0, 0.1) is 0 Å². The number of hydrogen-bond donors (Lipinski definition) is 1.